The molecule has 0 aliphatic rings. The Balaban J connectivity index is 0.000000509. The first-order valence-electron chi connectivity index (χ1n) is 8.91. The Morgan fingerprint density at radius 1 is 1.15 bits per heavy atom. The van der Waals surface area contributed by atoms with Crippen LogP contribution in [-0.4, -0.2) is 47.3 Å². The molecule has 0 saturated heterocycles. The van der Waals surface area contributed by atoms with E-state index in [4.69, 9.17) is 19.4 Å². The molecule has 0 saturated carbocycles. The second-order valence-electron chi connectivity index (χ2n) is 6.21. The summed E-state index contributed by atoms with van der Waals surface area (Å²) in [4.78, 5) is 28.9. The molecule has 0 atom stereocenters. The van der Waals surface area contributed by atoms with Crippen LogP contribution in [0.5, 0.6) is 11.8 Å². The van der Waals surface area contributed by atoms with Crippen LogP contribution in [0.1, 0.15) is 21.5 Å². The number of amides is 1. The van der Waals surface area contributed by atoms with Crippen molar-refractivity contribution in [2.75, 3.05) is 14.2 Å². The minimum Gasteiger partial charge on any atom is -0.481 e. The highest BCUT2D eigenvalue weighted by Gasteiger charge is 2.38. The number of carboxylic acids is 1. The Kier molecular flexibility index (Phi) is 8.26. The number of halogens is 6. The number of alkyl halides is 6. The van der Waals surface area contributed by atoms with Crippen LogP contribution in [0.2, 0.25) is 0 Å². The predicted molar refractivity (Wildman–Crippen MR) is 107 cm³/mol. The standard InChI is InChI=1S/C17H14F3N3O3S.C2HF3O2/c1-21-16(24)10-8-27-15-11(17(18,19)20)5-13(23-14(10)15)26-7-9-3-4-12(25-2)22-6-9;3-2(4,5)1(6)7/h3-6,8H,7H2,1-2H3,(H,21,24);(H,6,7). The summed E-state index contributed by atoms with van der Waals surface area (Å²) in [5.74, 6) is -3.09. The van der Waals surface area contributed by atoms with Crippen molar-refractivity contribution in [1.29, 1.82) is 0 Å². The lowest BCUT2D eigenvalue weighted by atomic mass is 10.2. The van der Waals surface area contributed by atoms with Gasteiger partial charge in [0.2, 0.25) is 11.8 Å². The van der Waals surface area contributed by atoms with Crippen LogP contribution in [0, 0.1) is 0 Å². The topological polar surface area (TPSA) is 111 Å². The number of pyridine rings is 2. The molecule has 3 aromatic heterocycles. The minimum atomic E-state index is -5.08. The van der Waals surface area contributed by atoms with E-state index in [9.17, 15) is 31.1 Å². The molecule has 3 aromatic rings. The fraction of sp³-hybridized carbons (Fsp3) is 0.263. The van der Waals surface area contributed by atoms with Gasteiger partial charge in [0.15, 0.2) is 0 Å². The van der Waals surface area contributed by atoms with Gasteiger partial charge in [-0.05, 0) is 6.07 Å². The van der Waals surface area contributed by atoms with Gasteiger partial charge in [-0.1, -0.05) is 0 Å². The first-order valence-corrected chi connectivity index (χ1v) is 9.79. The highest BCUT2D eigenvalue weighted by Crippen LogP contribution is 2.40. The Morgan fingerprint density at radius 2 is 1.79 bits per heavy atom. The van der Waals surface area contributed by atoms with Crippen molar-refractivity contribution in [3.63, 3.8) is 0 Å². The zero-order valence-electron chi connectivity index (χ0n) is 17.2. The van der Waals surface area contributed by atoms with Gasteiger partial charge in [0.25, 0.3) is 5.91 Å². The van der Waals surface area contributed by atoms with Crippen molar-refractivity contribution < 1.29 is 50.5 Å². The van der Waals surface area contributed by atoms with Crippen LogP contribution < -0.4 is 14.8 Å². The van der Waals surface area contributed by atoms with E-state index in [1.54, 1.807) is 12.1 Å². The number of hydrogen-bond acceptors (Lipinski definition) is 7. The van der Waals surface area contributed by atoms with Crippen LogP contribution in [0.25, 0.3) is 10.2 Å². The maximum absolute atomic E-state index is 13.4. The van der Waals surface area contributed by atoms with Gasteiger partial charge < -0.3 is 19.9 Å². The maximum atomic E-state index is 13.4. The van der Waals surface area contributed by atoms with Crippen molar-refractivity contribution in [1.82, 2.24) is 15.3 Å². The van der Waals surface area contributed by atoms with Gasteiger partial charge in [-0.15, -0.1) is 11.3 Å². The van der Waals surface area contributed by atoms with E-state index in [0.717, 1.165) is 17.4 Å². The lowest BCUT2D eigenvalue weighted by Gasteiger charge is -2.11. The second-order valence-corrected chi connectivity index (χ2v) is 7.09. The van der Waals surface area contributed by atoms with Crippen molar-refractivity contribution in [2.24, 2.45) is 0 Å². The number of thiophene rings is 1. The van der Waals surface area contributed by atoms with Gasteiger partial charge in [0.05, 0.1) is 28.5 Å². The van der Waals surface area contributed by atoms with Gasteiger partial charge >= 0.3 is 18.3 Å². The predicted octanol–water partition coefficient (Wildman–Crippen LogP) is 4.29. The maximum Gasteiger partial charge on any atom is 0.490 e. The summed E-state index contributed by atoms with van der Waals surface area (Å²) in [6, 6.07) is 4.12. The van der Waals surface area contributed by atoms with Gasteiger partial charge in [0.1, 0.15) is 6.61 Å². The first kappa shape index (κ1) is 26.6. The summed E-state index contributed by atoms with van der Waals surface area (Å²) in [6.07, 6.45) is -8.20. The van der Waals surface area contributed by atoms with Crippen LogP contribution in [-0.2, 0) is 17.6 Å². The van der Waals surface area contributed by atoms with Gasteiger partial charge in [-0.2, -0.15) is 26.3 Å². The quantitative estimate of drug-likeness (QED) is 0.492. The number of aromatic nitrogens is 2. The average Bonchev–Trinajstić information content (AvgIpc) is 3.20. The van der Waals surface area contributed by atoms with E-state index in [1.165, 1.54) is 25.7 Å². The molecule has 0 unspecified atom stereocenters. The molecule has 1 amide bonds. The molecule has 15 heteroatoms. The normalized spacial score (nSPS) is 11.4. The molecule has 0 aromatic carbocycles. The number of carboxylic acid groups (broad SMARTS) is 1. The van der Waals surface area contributed by atoms with Crippen molar-refractivity contribution in [2.45, 2.75) is 19.0 Å². The van der Waals surface area contributed by atoms with Gasteiger partial charge in [-0.25, -0.2) is 14.8 Å². The number of nitrogens with one attached hydrogen (secondary N) is 1. The summed E-state index contributed by atoms with van der Waals surface area (Å²) < 4.78 is 82.3. The van der Waals surface area contributed by atoms with Gasteiger partial charge in [-0.3, -0.25) is 4.79 Å². The molecule has 0 aliphatic carbocycles. The number of hydrogen-bond donors (Lipinski definition) is 2. The van der Waals surface area contributed by atoms with Crippen molar-refractivity contribution in [3.8, 4) is 11.8 Å². The van der Waals surface area contributed by atoms with Crippen LogP contribution in [0.4, 0.5) is 26.3 Å². The summed E-state index contributed by atoms with van der Waals surface area (Å²) in [5, 5.41) is 10.9. The minimum absolute atomic E-state index is 0.0355. The summed E-state index contributed by atoms with van der Waals surface area (Å²) in [5.41, 5.74) is -0.241. The smallest absolute Gasteiger partial charge is 0.481 e. The Hall–Kier alpha value is -3.62. The van der Waals surface area contributed by atoms with E-state index in [-0.39, 0.29) is 28.3 Å². The van der Waals surface area contributed by atoms with Crippen molar-refractivity contribution >= 4 is 33.4 Å². The van der Waals surface area contributed by atoms with Crippen LogP contribution in [0.3, 0.4) is 0 Å². The van der Waals surface area contributed by atoms with Crippen LogP contribution in [0.15, 0.2) is 29.8 Å². The molecule has 0 radical (unpaired) electrons. The summed E-state index contributed by atoms with van der Waals surface area (Å²) in [6.45, 7) is -0.0355. The number of carbonyl (C=O) groups excluding carboxylic acids is 1. The molecule has 3 heterocycles. The lowest BCUT2D eigenvalue weighted by molar-refractivity contribution is -0.192. The first-order chi connectivity index (χ1) is 15.8. The molecule has 0 bridgehead atoms. The number of methoxy groups -OCH3 is 1. The average molecular weight is 511 g/mol. The Labute approximate surface area is 191 Å². The second kappa shape index (κ2) is 10.5. The molecule has 3 rings (SSSR count). The number of rotatable bonds is 5. The molecule has 2 N–H and O–H groups in total. The molecule has 34 heavy (non-hydrogen) atoms. The molecule has 184 valence electrons. The van der Waals surface area contributed by atoms with Crippen molar-refractivity contribution in [3.05, 3.63) is 46.5 Å². The molecular weight excluding hydrogens is 496 g/mol. The van der Waals surface area contributed by atoms with E-state index in [2.05, 4.69) is 15.3 Å². The van der Waals surface area contributed by atoms with Crippen LogP contribution >= 0.6 is 11.3 Å². The monoisotopic (exact) mass is 511 g/mol. The molecule has 0 aliphatic heterocycles. The Morgan fingerprint density at radius 3 is 2.26 bits per heavy atom. The fourth-order valence-electron chi connectivity index (χ4n) is 2.34. The third kappa shape index (κ3) is 6.69. The number of nitrogens with zero attached hydrogens (tertiary/aromatic N) is 2. The number of ether oxygens (including phenoxy) is 2. The number of aliphatic carboxylic acids is 1. The summed E-state index contributed by atoms with van der Waals surface area (Å²) >= 11 is 0.816. The zero-order valence-corrected chi connectivity index (χ0v) is 18.1. The number of fused-ring (bicyclic) bond motifs is 1. The van der Waals surface area contributed by atoms with E-state index in [0.29, 0.717) is 11.4 Å². The third-order valence-corrected chi connectivity index (χ3v) is 4.91. The molecular formula is C19H15F6N3O5S. The summed E-state index contributed by atoms with van der Waals surface area (Å²) in [7, 11) is 2.87. The Bertz CT molecular complexity index is 1160. The third-order valence-electron chi connectivity index (χ3n) is 3.91. The van der Waals surface area contributed by atoms with Gasteiger partial charge in [0, 0.05) is 36.3 Å². The lowest BCUT2D eigenvalue weighted by Crippen LogP contribution is -2.21. The van der Waals surface area contributed by atoms with E-state index < -0.39 is 29.8 Å². The largest absolute Gasteiger partial charge is 0.490 e. The highest BCUT2D eigenvalue weighted by atomic mass is 32.1. The van der Waals surface area contributed by atoms with E-state index in [1.807, 2.05) is 0 Å². The highest BCUT2D eigenvalue weighted by molar-refractivity contribution is 7.17. The molecule has 8 nitrogen and oxygen atoms in total. The van der Waals surface area contributed by atoms with E-state index >= 15 is 0 Å². The SMILES string of the molecule is CNC(=O)c1csc2c(C(F)(F)F)cc(OCc3ccc(OC)nc3)nc12.O=C(O)C(F)(F)F. The molecule has 0 spiro atoms. The molecule has 0 fully saturated rings. The number of carbonyl (C=O) groups is 2. The zero-order chi connectivity index (χ0) is 25.7. The fourth-order valence-corrected chi connectivity index (χ4v) is 3.36.